The van der Waals surface area contributed by atoms with Gasteiger partial charge in [-0.15, -0.1) is 0 Å². The Morgan fingerprint density at radius 3 is 2.56 bits per heavy atom. The van der Waals surface area contributed by atoms with Gasteiger partial charge in [0.05, 0.1) is 0 Å². The predicted octanol–water partition coefficient (Wildman–Crippen LogP) is 3.46. The van der Waals surface area contributed by atoms with E-state index in [9.17, 15) is 0 Å². The number of allylic oxidation sites excluding steroid dienone is 3. The molecule has 0 aliphatic rings. The summed E-state index contributed by atoms with van der Waals surface area (Å²) in [7, 11) is 0. The van der Waals surface area contributed by atoms with Gasteiger partial charge < -0.3 is 5.73 Å². The van der Waals surface area contributed by atoms with Gasteiger partial charge in [-0.05, 0) is 24.1 Å². The Balaban J connectivity index is 4.96. The Bertz CT molecular complexity index is 372. The molecule has 0 aliphatic heterocycles. The summed E-state index contributed by atoms with van der Waals surface area (Å²) >= 11 is 0. The van der Waals surface area contributed by atoms with Crippen LogP contribution in [0, 0.1) is 5.41 Å². The minimum Gasteiger partial charge on any atom is -0.399 e. The summed E-state index contributed by atoms with van der Waals surface area (Å²) in [5.41, 5.74) is 14.7. The van der Waals surface area contributed by atoms with Gasteiger partial charge in [-0.2, -0.15) is 0 Å². The number of hydrogen-bond acceptors (Lipinski definition) is 2. The SMILES string of the molecule is C=C(N)/C=C\C(=C)C(C)(/C=C/C)CN=[N+]=[N-]. The minimum atomic E-state index is -0.382. The molecule has 0 fully saturated rings. The Hall–Kier alpha value is -1.93. The van der Waals surface area contributed by atoms with Crippen LogP contribution in [0.15, 0.2) is 53.8 Å². The lowest BCUT2D eigenvalue weighted by Crippen LogP contribution is -2.18. The first-order valence-corrected chi connectivity index (χ1v) is 4.93. The van der Waals surface area contributed by atoms with E-state index >= 15 is 0 Å². The van der Waals surface area contributed by atoms with Crippen molar-refractivity contribution in [3.8, 4) is 0 Å². The highest BCUT2D eigenvalue weighted by Gasteiger charge is 2.21. The van der Waals surface area contributed by atoms with E-state index in [1.165, 1.54) is 0 Å². The molecule has 0 spiro atoms. The summed E-state index contributed by atoms with van der Waals surface area (Å²) < 4.78 is 0. The van der Waals surface area contributed by atoms with Crippen LogP contribution in [0.4, 0.5) is 0 Å². The summed E-state index contributed by atoms with van der Waals surface area (Å²) in [4.78, 5) is 2.76. The van der Waals surface area contributed by atoms with Gasteiger partial charge in [0.2, 0.25) is 0 Å². The average molecular weight is 218 g/mol. The maximum absolute atomic E-state index is 8.35. The van der Waals surface area contributed by atoms with Crippen molar-refractivity contribution >= 4 is 0 Å². The van der Waals surface area contributed by atoms with E-state index in [-0.39, 0.29) is 5.41 Å². The molecule has 0 aliphatic carbocycles. The zero-order chi connectivity index (χ0) is 12.6. The Labute approximate surface area is 96.5 Å². The lowest BCUT2D eigenvalue weighted by molar-refractivity contribution is 0.540. The van der Waals surface area contributed by atoms with E-state index in [2.05, 4.69) is 23.2 Å². The number of azide groups is 1. The fourth-order valence-corrected chi connectivity index (χ4v) is 1.21. The molecule has 0 amide bonds. The topological polar surface area (TPSA) is 74.8 Å². The molecule has 0 aromatic heterocycles. The van der Waals surface area contributed by atoms with Crippen molar-refractivity contribution in [2.45, 2.75) is 13.8 Å². The maximum atomic E-state index is 8.35. The molecule has 1 unspecified atom stereocenters. The van der Waals surface area contributed by atoms with Crippen LogP contribution < -0.4 is 5.73 Å². The molecule has 2 N–H and O–H groups in total. The first kappa shape index (κ1) is 14.1. The number of nitrogens with two attached hydrogens (primary N) is 1. The summed E-state index contributed by atoms with van der Waals surface area (Å²) in [6.07, 6.45) is 7.33. The van der Waals surface area contributed by atoms with Crippen LogP contribution in [-0.4, -0.2) is 6.54 Å². The molecule has 0 radical (unpaired) electrons. The van der Waals surface area contributed by atoms with E-state index in [1.54, 1.807) is 12.2 Å². The summed E-state index contributed by atoms with van der Waals surface area (Å²) in [5.74, 6) is 0. The fourth-order valence-electron chi connectivity index (χ4n) is 1.21. The molecule has 0 rings (SSSR count). The highest BCUT2D eigenvalue weighted by molar-refractivity contribution is 5.32. The van der Waals surface area contributed by atoms with E-state index < -0.39 is 0 Å². The largest absolute Gasteiger partial charge is 0.399 e. The van der Waals surface area contributed by atoms with Crippen LogP contribution in [-0.2, 0) is 0 Å². The van der Waals surface area contributed by atoms with Crippen molar-refractivity contribution in [3.63, 3.8) is 0 Å². The third-order valence-electron chi connectivity index (χ3n) is 2.23. The van der Waals surface area contributed by atoms with Gasteiger partial charge in [0, 0.05) is 22.6 Å². The molecule has 0 aromatic carbocycles. The van der Waals surface area contributed by atoms with Gasteiger partial charge in [0.1, 0.15) is 0 Å². The van der Waals surface area contributed by atoms with E-state index in [0.717, 1.165) is 5.57 Å². The fraction of sp³-hybridized carbons (Fsp3) is 0.333. The summed E-state index contributed by atoms with van der Waals surface area (Å²) in [6.45, 7) is 11.7. The predicted molar refractivity (Wildman–Crippen MR) is 68.5 cm³/mol. The van der Waals surface area contributed by atoms with E-state index in [0.29, 0.717) is 12.2 Å². The minimum absolute atomic E-state index is 0.327. The molecule has 0 saturated carbocycles. The van der Waals surface area contributed by atoms with Crippen LogP contribution in [0.25, 0.3) is 10.4 Å². The molecule has 4 heteroatoms. The van der Waals surface area contributed by atoms with E-state index in [1.807, 2.05) is 26.0 Å². The molecule has 4 nitrogen and oxygen atoms in total. The van der Waals surface area contributed by atoms with Crippen molar-refractivity contribution in [3.05, 3.63) is 59.2 Å². The highest BCUT2D eigenvalue weighted by Crippen LogP contribution is 2.29. The van der Waals surface area contributed by atoms with Crippen LogP contribution in [0.2, 0.25) is 0 Å². The molecule has 16 heavy (non-hydrogen) atoms. The molecular formula is C12H18N4. The van der Waals surface area contributed by atoms with Crippen molar-refractivity contribution in [2.75, 3.05) is 6.54 Å². The van der Waals surface area contributed by atoms with Crippen molar-refractivity contribution in [1.29, 1.82) is 0 Å². The zero-order valence-electron chi connectivity index (χ0n) is 9.85. The number of hydrogen-bond donors (Lipinski definition) is 1. The highest BCUT2D eigenvalue weighted by atomic mass is 15.1. The second kappa shape index (κ2) is 6.53. The van der Waals surface area contributed by atoms with Crippen molar-refractivity contribution in [2.24, 2.45) is 16.3 Å². The van der Waals surface area contributed by atoms with Crippen LogP contribution in [0.1, 0.15) is 13.8 Å². The van der Waals surface area contributed by atoms with Gasteiger partial charge in [0.15, 0.2) is 0 Å². The van der Waals surface area contributed by atoms with Crippen molar-refractivity contribution in [1.82, 2.24) is 0 Å². The second-order valence-corrected chi connectivity index (χ2v) is 3.74. The average Bonchev–Trinajstić information content (AvgIpc) is 2.23. The molecule has 86 valence electrons. The lowest BCUT2D eigenvalue weighted by Gasteiger charge is -2.24. The smallest absolute Gasteiger partial charge is 0.0387 e. The lowest BCUT2D eigenvalue weighted by atomic mass is 9.82. The second-order valence-electron chi connectivity index (χ2n) is 3.74. The standard InChI is InChI=1S/C12H18N4/c1-5-8-12(4,9-15-16-14)10(2)6-7-11(3)13/h5-8H,2-3,9,13H2,1,4H3/b7-6-,8-5+. The maximum Gasteiger partial charge on any atom is 0.0387 e. The van der Waals surface area contributed by atoms with Crippen molar-refractivity contribution < 1.29 is 0 Å². The molecular weight excluding hydrogens is 200 g/mol. The monoisotopic (exact) mass is 218 g/mol. The summed E-state index contributed by atoms with van der Waals surface area (Å²) in [5, 5.41) is 3.59. The Kier molecular flexibility index (Phi) is 5.75. The number of rotatable bonds is 6. The molecule has 0 heterocycles. The number of nitrogens with zero attached hydrogens (tertiary/aromatic N) is 3. The molecule has 0 aromatic rings. The van der Waals surface area contributed by atoms with Gasteiger partial charge >= 0.3 is 0 Å². The first-order chi connectivity index (χ1) is 7.46. The third-order valence-corrected chi connectivity index (χ3v) is 2.23. The van der Waals surface area contributed by atoms with E-state index in [4.69, 9.17) is 11.3 Å². The van der Waals surface area contributed by atoms with Gasteiger partial charge in [-0.1, -0.05) is 43.4 Å². The van der Waals surface area contributed by atoms with Crippen LogP contribution >= 0.6 is 0 Å². The Morgan fingerprint density at radius 2 is 2.12 bits per heavy atom. The van der Waals surface area contributed by atoms with Crippen LogP contribution in [0.3, 0.4) is 0 Å². The molecule has 0 bridgehead atoms. The molecule has 0 saturated heterocycles. The third kappa shape index (κ3) is 4.53. The normalized spacial score (nSPS) is 14.6. The van der Waals surface area contributed by atoms with Gasteiger partial charge in [-0.25, -0.2) is 0 Å². The zero-order valence-corrected chi connectivity index (χ0v) is 9.85. The first-order valence-electron chi connectivity index (χ1n) is 4.93. The quantitative estimate of drug-likeness (QED) is 0.239. The van der Waals surface area contributed by atoms with Crippen LogP contribution in [0.5, 0.6) is 0 Å². The molecule has 1 atom stereocenters. The van der Waals surface area contributed by atoms with Gasteiger partial charge in [-0.3, -0.25) is 0 Å². The van der Waals surface area contributed by atoms with Gasteiger partial charge in [0.25, 0.3) is 0 Å². The summed E-state index contributed by atoms with van der Waals surface area (Å²) in [6, 6.07) is 0. The Morgan fingerprint density at radius 1 is 1.50 bits per heavy atom.